The summed E-state index contributed by atoms with van der Waals surface area (Å²) >= 11 is 6.04. The van der Waals surface area contributed by atoms with E-state index in [2.05, 4.69) is 19.2 Å². The van der Waals surface area contributed by atoms with Gasteiger partial charge in [-0.25, -0.2) is 0 Å². The van der Waals surface area contributed by atoms with Crippen LogP contribution in [0.25, 0.3) is 0 Å². The van der Waals surface area contributed by atoms with E-state index in [1.54, 1.807) is 0 Å². The lowest BCUT2D eigenvalue weighted by atomic mass is 10.1. The molecule has 0 aromatic heterocycles. The Kier molecular flexibility index (Phi) is 9.68. The smallest absolute Gasteiger partial charge is 0.0897 e. The van der Waals surface area contributed by atoms with Gasteiger partial charge < -0.3 is 15.2 Å². The summed E-state index contributed by atoms with van der Waals surface area (Å²) in [6.07, 6.45) is 3.19. The quantitative estimate of drug-likeness (QED) is 0.613. The van der Waals surface area contributed by atoms with Gasteiger partial charge in [-0.3, -0.25) is 0 Å². The first-order valence-electron chi connectivity index (χ1n) is 7.79. The summed E-state index contributed by atoms with van der Waals surface area (Å²) in [5, 5.41) is 13.8. The van der Waals surface area contributed by atoms with Crippen LogP contribution in [-0.4, -0.2) is 30.9 Å². The van der Waals surface area contributed by atoms with Crippen molar-refractivity contribution in [3.05, 3.63) is 34.9 Å². The van der Waals surface area contributed by atoms with Crippen LogP contribution in [0.1, 0.15) is 38.7 Å². The van der Waals surface area contributed by atoms with Crippen LogP contribution in [0.3, 0.4) is 0 Å². The minimum atomic E-state index is -0.474. The Labute approximate surface area is 133 Å². The zero-order valence-electron chi connectivity index (χ0n) is 13.1. The molecular formula is C17H28ClNO2. The second kappa shape index (κ2) is 11.0. The third-order valence-electron chi connectivity index (χ3n) is 3.29. The topological polar surface area (TPSA) is 41.5 Å². The highest BCUT2D eigenvalue weighted by Crippen LogP contribution is 2.15. The van der Waals surface area contributed by atoms with Crippen LogP contribution in [0.15, 0.2) is 24.3 Å². The highest BCUT2D eigenvalue weighted by Gasteiger charge is 2.05. The van der Waals surface area contributed by atoms with Crippen LogP contribution in [0.2, 0.25) is 5.02 Å². The molecule has 4 heteroatoms. The SMILES string of the molecule is CC(C)CCCCNCC(O)COCc1ccccc1Cl. The van der Waals surface area contributed by atoms with E-state index in [1.807, 2.05) is 24.3 Å². The van der Waals surface area contributed by atoms with Gasteiger partial charge in [0.1, 0.15) is 0 Å². The van der Waals surface area contributed by atoms with Gasteiger partial charge in [-0.2, -0.15) is 0 Å². The lowest BCUT2D eigenvalue weighted by molar-refractivity contribution is 0.0289. The maximum Gasteiger partial charge on any atom is 0.0897 e. The number of hydrogen-bond acceptors (Lipinski definition) is 3. The number of unbranched alkanes of at least 4 members (excludes halogenated alkanes) is 1. The molecule has 1 rings (SSSR count). The molecule has 21 heavy (non-hydrogen) atoms. The fourth-order valence-electron chi connectivity index (χ4n) is 2.05. The van der Waals surface area contributed by atoms with E-state index in [0.717, 1.165) is 24.4 Å². The van der Waals surface area contributed by atoms with Crippen molar-refractivity contribution in [2.45, 2.75) is 45.8 Å². The molecule has 1 unspecified atom stereocenters. The highest BCUT2D eigenvalue weighted by molar-refractivity contribution is 6.31. The fourth-order valence-corrected chi connectivity index (χ4v) is 2.24. The second-order valence-corrected chi connectivity index (χ2v) is 6.26. The van der Waals surface area contributed by atoms with Gasteiger partial charge in [-0.1, -0.05) is 56.5 Å². The zero-order chi connectivity index (χ0) is 15.5. The number of rotatable bonds is 11. The summed E-state index contributed by atoms with van der Waals surface area (Å²) in [6, 6.07) is 7.60. The van der Waals surface area contributed by atoms with E-state index in [1.165, 1.54) is 12.8 Å². The third kappa shape index (κ3) is 9.10. The molecule has 0 aliphatic rings. The van der Waals surface area contributed by atoms with Crippen molar-refractivity contribution in [1.29, 1.82) is 0 Å². The number of halogens is 1. The van der Waals surface area contributed by atoms with Crippen molar-refractivity contribution >= 4 is 11.6 Å². The third-order valence-corrected chi connectivity index (χ3v) is 3.66. The van der Waals surface area contributed by atoms with Gasteiger partial charge in [0.2, 0.25) is 0 Å². The summed E-state index contributed by atoms with van der Waals surface area (Å²) in [4.78, 5) is 0. The van der Waals surface area contributed by atoms with Crippen LogP contribution in [0.5, 0.6) is 0 Å². The van der Waals surface area contributed by atoms with Crippen molar-refractivity contribution in [3.8, 4) is 0 Å². The molecule has 2 N–H and O–H groups in total. The van der Waals surface area contributed by atoms with Crippen LogP contribution in [0, 0.1) is 5.92 Å². The van der Waals surface area contributed by atoms with Gasteiger partial charge in [0.25, 0.3) is 0 Å². The van der Waals surface area contributed by atoms with E-state index < -0.39 is 6.10 Å². The molecule has 0 spiro atoms. The molecule has 0 radical (unpaired) electrons. The molecule has 3 nitrogen and oxygen atoms in total. The van der Waals surface area contributed by atoms with Crippen molar-refractivity contribution in [3.63, 3.8) is 0 Å². The van der Waals surface area contributed by atoms with Crippen LogP contribution < -0.4 is 5.32 Å². The molecule has 0 aliphatic heterocycles. The highest BCUT2D eigenvalue weighted by atomic mass is 35.5. The first-order valence-corrected chi connectivity index (χ1v) is 8.17. The van der Waals surface area contributed by atoms with Gasteiger partial charge >= 0.3 is 0 Å². The minimum absolute atomic E-state index is 0.324. The first kappa shape index (κ1) is 18.4. The van der Waals surface area contributed by atoms with Crippen LogP contribution in [0.4, 0.5) is 0 Å². The predicted molar refractivity (Wildman–Crippen MR) is 88.7 cm³/mol. The molecule has 120 valence electrons. The molecule has 0 aliphatic carbocycles. The van der Waals surface area contributed by atoms with Gasteiger partial charge in [-0.05, 0) is 30.5 Å². The second-order valence-electron chi connectivity index (χ2n) is 5.85. The van der Waals surface area contributed by atoms with Crippen LogP contribution >= 0.6 is 11.6 Å². The van der Waals surface area contributed by atoms with Gasteiger partial charge in [-0.15, -0.1) is 0 Å². The van der Waals surface area contributed by atoms with Crippen LogP contribution in [-0.2, 0) is 11.3 Å². The van der Waals surface area contributed by atoms with Crippen molar-refractivity contribution in [2.75, 3.05) is 19.7 Å². The number of aliphatic hydroxyl groups excluding tert-OH is 1. The minimum Gasteiger partial charge on any atom is -0.389 e. The lowest BCUT2D eigenvalue weighted by Gasteiger charge is -2.13. The van der Waals surface area contributed by atoms with Gasteiger partial charge in [0.15, 0.2) is 0 Å². The molecular weight excluding hydrogens is 286 g/mol. The normalized spacial score (nSPS) is 12.8. The lowest BCUT2D eigenvalue weighted by Crippen LogP contribution is -2.31. The first-order chi connectivity index (χ1) is 10.1. The van der Waals surface area contributed by atoms with E-state index in [0.29, 0.717) is 24.8 Å². The molecule has 1 aromatic carbocycles. The summed E-state index contributed by atoms with van der Waals surface area (Å²) < 4.78 is 5.50. The number of ether oxygens (including phenoxy) is 1. The Morgan fingerprint density at radius 3 is 2.71 bits per heavy atom. The Morgan fingerprint density at radius 2 is 2.00 bits per heavy atom. The van der Waals surface area contributed by atoms with Crippen molar-refractivity contribution < 1.29 is 9.84 Å². The number of hydrogen-bond donors (Lipinski definition) is 2. The van der Waals surface area contributed by atoms with E-state index >= 15 is 0 Å². The maximum atomic E-state index is 9.82. The van der Waals surface area contributed by atoms with Gasteiger partial charge in [0.05, 0.1) is 19.3 Å². The van der Waals surface area contributed by atoms with Crippen molar-refractivity contribution in [1.82, 2.24) is 5.32 Å². The fraction of sp³-hybridized carbons (Fsp3) is 0.647. The molecule has 0 heterocycles. The molecule has 0 amide bonds. The average molecular weight is 314 g/mol. The van der Waals surface area contributed by atoms with E-state index in [-0.39, 0.29) is 0 Å². The largest absolute Gasteiger partial charge is 0.389 e. The monoisotopic (exact) mass is 313 g/mol. The molecule has 0 saturated carbocycles. The number of benzene rings is 1. The summed E-state index contributed by atoms with van der Waals surface area (Å²) in [5.41, 5.74) is 0.952. The Bertz CT molecular complexity index is 385. The average Bonchev–Trinajstić information content (AvgIpc) is 2.44. The number of nitrogens with one attached hydrogen (secondary N) is 1. The molecule has 0 saturated heterocycles. The zero-order valence-corrected chi connectivity index (χ0v) is 13.9. The summed E-state index contributed by atoms with van der Waals surface area (Å²) in [7, 11) is 0. The predicted octanol–water partition coefficient (Wildman–Crippen LogP) is 3.63. The maximum absolute atomic E-state index is 9.82. The Hall–Kier alpha value is -0.610. The molecule has 1 aromatic rings. The van der Waals surface area contributed by atoms with E-state index in [9.17, 15) is 5.11 Å². The molecule has 0 bridgehead atoms. The van der Waals surface area contributed by atoms with E-state index in [4.69, 9.17) is 16.3 Å². The standard InChI is InChI=1S/C17H28ClNO2/c1-14(2)7-5-6-10-19-11-16(20)13-21-12-15-8-3-4-9-17(15)18/h3-4,8-9,14,16,19-20H,5-7,10-13H2,1-2H3. The molecule has 0 fully saturated rings. The van der Waals surface area contributed by atoms with Crippen molar-refractivity contribution in [2.24, 2.45) is 5.92 Å². The Morgan fingerprint density at radius 1 is 1.24 bits per heavy atom. The van der Waals surface area contributed by atoms with Gasteiger partial charge in [0, 0.05) is 11.6 Å². The molecule has 1 atom stereocenters. The summed E-state index contributed by atoms with van der Waals surface area (Å²) in [6.45, 7) is 6.77. The summed E-state index contributed by atoms with van der Waals surface area (Å²) in [5.74, 6) is 0.772. The Balaban J connectivity index is 2.01. The number of aliphatic hydroxyl groups is 1.